The minimum Gasteiger partial charge on any atom is -0.753 e. The smallest absolute Gasteiger partial charge is 0.374 e. The molecule has 1 aliphatic rings. The highest BCUT2D eigenvalue weighted by Gasteiger charge is 2.26. The van der Waals surface area contributed by atoms with Gasteiger partial charge in [-0.25, -0.2) is 0 Å². The van der Waals surface area contributed by atoms with E-state index in [2.05, 4.69) is 54.6 Å². The van der Waals surface area contributed by atoms with Crippen molar-refractivity contribution in [2.24, 2.45) is 0 Å². The van der Waals surface area contributed by atoms with Crippen molar-refractivity contribution in [1.82, 2.24) is 0 Å². The monoisotopic (exact) mass is 479 g/mol. The number of benzene rings is 2. The largest absolute Gasteiger partial charge is 0.753 e. The number of hydrogen-bond acceptors (Lipinski definition) is 6. The maximum Gasteiger partial charge on any atom is 0.374 e. The second-order valence-electron chi connectivity index (χ2n) is 7.34. The molecular formula is C26H29N3O4S. The van der Waals surface area contributed by atoms with Crippen molar-refractivity contribution in [3.63, 3.8) is 0 Å². The Morgan fingerprint density at radius 2 is 1.79 bits per heavy atom. The molecule has 1 aromatic heterocycles. The summed E-state index contributed by atoms with van der Waals surface area (Å²) in [5, 5.41) is 8.47. The van der Waals surface area contributed by atoms with E-state index in [1.54, 1.807) is 14.2 Å². The molecule has 0 unspecified atom stereocenters. The fraction of sp³-hybridized carbons (Fsp3) is 0.308. The molecule has 8 heteroatoms. The van der Waals surface area contributed by atoms with Crippen LogP contribution in [0.2, 0.25) is 0 Å². The van der Waals surface area contributed by atoms with Crippen LogP contribution < -0.4 is 23.7 Å². The molecule has 0 amide bonds. The number of fused-ring (bicyclic) bond motifs is 2. The van der Waals surface area contributed by atoms with Gasteiger partial charge < -0.3 is 28.9 Å². The minimum atomic E-state index is 0.794. The molecule has 0 saturated heterocycles. The van der Waals surface area contributed by atoms with Gasteiger partial charge in [0.1, 0.15) is 18.0 Å². The molecule has 0 spiro atoms. The fourth-order valence-electron chi connectivity index (χ4n) is 3.85. The predicted molar refractivity (Wildman–Crippen MR) is 138 cm³/mol. The van der Waals surface area contributed by atoms with Crippen molar-refractivity contribution in [2.45, 2.75) is 33.7 Å². The zero-order chi connectivity index (χ0) is 24.7. The quantitative estimate of drug-likeness (QED) is 0.236. The second-order valence-corrected chi connectivity index (χ2v) is 7.53. The van der Waals surface area contributed by atoms with Crippen LogP contribution in [-0.2, 0) is 6.54 Å². The van der Waals surface area contributed by atoms with Crippen molar-refractivity contribution in [3.8, 4) is 17.2 Å². The summed E-state index contributed by atoms with van der Waals surface area (Å²) in [4.78, 5) is 2.15. The Kier molecular flexibility index (Phi) is 8.46. The van der Waals surface area contributed by atoms with Gasteiger partial charge in [-0.2, -0.15) is 9.73 Å². The van der Waals surface area contributed by atoms with Crippen molar-refractivity contribution >= 4 is 40.2 Å². The minimum absolute atomic E-state index is 0.794. The number of ether oxygens (including phenoxy) is 3. The summed E-state index contributed by atoms with van der Waals surface area (Å²) in [6, 6.07) is 11.7. The SMILES string of the molecule is CCC(=Cc1oc2ccc(OC)cc2[n+]1CC)C=C1Oc2ccc(OC)cc2N1CC.[N-]=C=S. The zero-order valence-electron chi connectivity index (χ0n) is 20.1. The summed E-state index contributed by atoms with van der Waals surface area (Å²) in [6.07, 6.45) is 5.02. The molecule has 3 aromatic rings. The summed E-state index contributed by atoms with van der Waals surface area (Å²) >= 11 is 3.70. The Balaban J connectivity index is 0.00000103. The van der Waals surface area contributed by atoms with Crippen LogP contribution in [0.1, 0.15) is 33.1 Å². The zero-order valence-corrected chi connectivity index (χ0v) is 20.9. The number of oxazole rings is 1. The number of thiocarbonyl (C=S) groups is 1. The van der Waals surface area contributed by atoms with Gasteiger partial charge in [0.15, 0.2) is 5.75 Å². The van der Waals surface area contributed by atoms with E-state index in [0.29, 0.717) is 0 Å². The van der Waals surface area contributed by atoms with E-state index in [4.69, 9.17) is 24.0 Å². The standard InChI is InChI=1S/C25H29N2O4.CNS/c1-6-17(13-24-26(7-2)20-15-18(28-4)9-11-22(20)30-24)14-25-27(8-3)21-16-19(29-5)10-12-23(21)31-25;2-1-3/h9-16H,6-8H2,1-5H3;/q+1;-1. The first-order valence-corrected chi connectivity index (χ1v) is 11.5. The van der Waals surface area contributed by atoms with Gasteiger partial charge >= 0.3 is 5.89 Å². The molecule has 0 saturated carbocycles. The predicted octanol–water partition coefficient (Wildman–Crippen LogP) is 5.97. The highest BCUT2D eigenvalue weighted by atomic mass is 32.1. The summed E-state index contributed by atoms with van der Waals surface area (Å²) in [5.74, 6) is 4.08. The number of hydrogen-bond donors (Lipinski definition) is 0. The van der Waals surface area contributed by atoms with Crippen LogP contribution in [0.25, 0.3) is 22.6 Å². The van der Waals surface area contributed by atoms with Gasteiger partial charge in [0.2, 0.25) is 11.5 Å². The lowest BCUT2D eigenvalue weighted by Gasteiger charge is -2.16. The van der Waals surface area contributed by atoms with E-state index >= 15 is 0 Å². The van der Waals surface area contributed by atoms with Crippen molar-refractivity contribution in [3.05, 3.63) is 65.2 Å². The number of methoxy groups -OCH3 is 2. The maximum atomic E-state index is 7.13. The van der Waals surface area contributed by atoms with Gasteiger partial charge in [0.05, 0.1) is 32.0 Å². The lowest BCUT2D eigenvalue weighted by atomic mass is 10.2. The van der Waals surface area contributed by atoms with E-state index in [1.807, 2.05) is 36.4 Å². The summed E-state index contributed by atoms with van der Waals surface area (Å²) < 4.78 is 25.2. The topological polar surface area (TPSA) is 70.3 Å². The highest BCUT2D eigenvalue weighted by molar-refractivity contribution is 7.78. The van der Waals surface area contributed by atoms with Crippen molar-refractivity contribution < 1.29 is 23.2 Å². The maximum absolute atomic E-state index is 7.13. The van der Waals surface area contributed by atoms with Crippen LogP contribution in [-0.4, -0.2) is 25.9 Å². The molecular weight excluding hydrogens is 450 g/mol. The number of nitrogens with zero attached hydrogens (tertiary/aromatic N) is 3. The van der Waals surface area contributed by atoms with Crippen LogP contribution in [0.15, 0.2) is 58.3 Å². The molecule has 34 heavy (non-hydrogen) atoms. The van der Waals surface area contributed by atoms with Crippen LogP contribution in [0.3, 0.4) is 0 Å². The fourth-order valence-corrected chi connectivity index (χ4v) is 3.85. The van der Waals surface area contributed by atoms with Gasteiger partial charge in [-0.15, -0.1) is 0 Å². The first-order valence-electron chi connectivity index (χ1n) is 11.1. The molecule has 2 aromatic carbocycles. The molecule has 0 radical (unpaired) electrons. The van der Waals surface area contributed by atoms with Crippen LogP contribution in [0, 0.1) is 0 Å². The molecule has 7 nitrogen and oxygen atoms in total. The lowest BCUT2D eigenvalue weighted by Crippen LogP contribution is -2.33. The lowest BCUT2D eigenvalue weighted by molar-refractivity contribution is -0.674. The molecule has 2 heterocycles. The molecule has 1 aliphatic heterocycles. The second kappa shape index (κ2) is 11.5. The average molecular weight is 480 g/mol. The van der Waals surface area contributed by atoms with Crippen LogP contribution in [0.4, 0.5) is 5.69 Å². The molecule has 178 valence electrons. The average Bonchev–Trinajstić information content (AvgIpc) is 3.39. The van der Waals surface area contributed by atoms with Crippen LogP contribution in [0.5, 0.6) is 17.2 Å². The van der Waals surface area contributed by atoms with E-state index in [0.717, 1.165) is 70.9 Å². The molecule has 0 bridgehead atoms. The van der Waals surface area contributed by atoms with Gasteiger partial charge in [-0.1, -0.05) is 19.1 Å². The Morgan fingerprint density at radius 3 is 2.41 bits per heavy atom. The van der Waals surface area contributed by atoms with Crippen molar-refractivity contribution in [2.75, 3.05) is 25.7 Å². The van der Waals surface area contributed by atoms with Gasteiger partial charge in [-0.3, -0.25) is 0 Å². The number of anilines is 1. The van der Waals surface area contributed by atoms with E-state index in [1.165, 1.54) is 5.16 Å². The molecule has 0 aliphatic carbocycles. The summed E-state index contributed by atoms with van der Waals surface area (Å²) in [5.41, 5.74) is 3.98. The van der Waals surface area contributed by atoms with Gasteiger partial charge in [0.25, 0.3) is 5.52 Å². The number of aromatic nitrogens is 1. The molecule has 0 atom stereocenters. The first-order chi connectivity index (χ1) is 16.5. The summed E-state index contributed by atoms with van der Waals surface area (Å²) in [6.45, 7) is 7.94. The molecule has 0 N–H and O–H groups in total. The van der Waals surface area contributed by atoms with Gasteiger partial charge in [-0.05, 0) is 50.1 Å². The Morgan fingerprint density at radius 1 is 1.12 bits per heavy atom. The van der Waals surface area contributed by atoms with E-state index < -0.39 is 0 Å². The third-order valence-electron chi connectivity index (χ3n) is 5.53. The Hall–Kier alpha value is -3.61. The number of aryl methyl sites for hydroxylation is 1. The van der Waals surface area contributed by atoms with E-state index in [9.17, 15) is 0 Å². The number of rotatable bonds is 7. The van der Waals surface area contributed by atoms with Gasteiger partial charge in [0, 0.05) is 18.7 Å². The summed E-state index contributed by atoms with van der Waals surface area (Å²) in [7, 11) is 3.35. The normalized spacial score (nSPS) is 13.7. The van der Waals surface area contributed by atoms with Crippen molar-refractivity contribution in [1.29, 1.82) is 0 Å². The third kappa shape index (κ3) is 5.14. The first kappa shape index (κ1) is 25.0. The Bertz CT molecular complexity index is 1260. The Labute approximate surface area is 205 Å². The highest BCUT2D eigenvalue weighted by Crippen LogP contribution is 2.41. The molecule has 4 rings (SSSR count). The van der Waals surface area contributed by atoms with E-state index in [-0.39, 0.29) is 0 Å². The molecule has 0 fully saturated rings. The number of isothiocyanates is 1. The number of allylic oxidation sites excluding steroid dienone is 2. The van der Waals surface area contributed by atoms with Crippen LogP contribution >= 0.6 is 12.2 Å². The third-order valence-corrected chi connectivity index (χ3v) is 5.53.